The molecule has 0 saturated carbocycles. The highest BCUT2D eigenvalue weighted by Gasteiger charge is 2.14. The van der Waals surface area contributed by atoms with Crippen molar-refractivity contribution in [3.63, 3.8) is 0 Å². The number of nitrogens with zero attached hydrogens (tertiary/aromatic N) is 4. The van der Waals surface area contributed by atoms with Crippen molar-refractivity contribution in [1.82, 2.24) is 19.6 Å². The zero-order valence-corrected chi connectivity index (χ0v) is 14.0. The molecule has 3 aromatic rings. The molecule has 8 heteroatoms. The van der Waals surface area contributed by atoms with Crippen LogP contribution in [0.1, 0.15) is 17.2 Å². The highest BCUT2D eigenvalue weighted by Crippen LogP contribution is 2.19. The molecule has 0 aliphatic carbocycles. The topological polar surface area (TPSA) is 72.2 Å². The Kier molecular flexibility index (Phi) is 4.19. The first-order valence-corrected chi connectivity index (χ1v) is 7.63. The quantitative estimate of drug-likeness (QED) is 0.787. The maximum atomic E-state index is 12.1. The molecule has 0 spiro atoms. The van der Waals surface area contributed by atoms with E-state index >= 15 is 0 Å². The maximum absolute atomic E-state index is 12.1. The molecule has 1 N–H and O–H groups in total. The monoisotopic (exact) mass is 349 g/mol. The number of carbonyl (C=O) groups excluding carboxylic acids is 1. The Hall–Kier alpha value is -2.18. The largest absolute Gasteiger partial charge is 0.326 e. The number of rotatable bonds is 3. The van der Waals surface area contributed by atoms with Gasteiger partial charge in [-0.25, -0.2) is 4.98 Å². The highest BCUT2D eigenvalue weighted by atomic mass is 35.5. The van der Waals surface area contributed by atoms with Crippen LogP contribution in [-0.2, 0) is 11.2 Å². The summed E-state index contributed by atoms with van der Waals surface area (Å²) in [5.41, 5.74) is 2.09. The molecule has 2 aromatic heterocycles. The van der Waals surface area contributed by atoms with Gasteiger partial charge in [-0.05, 0) is 38.1 Å². The Morgan fingerprint density at radius 2 is 1.87 bits per heavy atom. The smallest absolute Gasteiger partial charge is 0.252 e. The summed E-state index contributed by atoms with van der Waals surface area (Å²) in [4.78, 5) is 20.6. The molecule has 2 heterocycles. The van der Waals surface area contributed by atoms with Crippen LogP contribution in [0.4, 0.5) is 5.69 Å². The minimum absolute atomic E-state index is 0.0437. The lowest BCUT2D eigenvalue weighted by molar-refractivity contribution is -0.115. The first kappa shape index (κ1) is 15.7. The lowest BCUT2D eigenvalue weighted by Gasteiger charge is -2.03. The number of hydrogen-bond acceptors (Lipinski definition) is 4. The lowest BCUT2D eigenvalue weighted by Crippen LogP contribution is -2.15. The summed E-state index contributed by atoms with van der Waals surface area (Å²) in [6.07, 6.45) is 0.0437. The van der Waals surface area contributed by atoms with Crippen LogP contribution in [0.25, 0.3) is 5.78 Å². The van der Waals surface area contributed by atoms with Gasteiger partial charge in [0.2, 0.25) is 5.91 Å². The van der Waals surface area contributed by atoms with E-state index in [1.54, 1.807) is 35.7 Å². The van der Waals surface area contributed by atoms with Crippen molar-refractivity contribution in [3.8, 4) is 0 Å². The van der Waals surface area contributed by atoms with Gasteiger partial charge in [0.1, 0.15) is 0 Å². The van der Waals surface area contributed by atoms with E-state index in [9.17, 15) is 4.79 Å². The van der Waals surface area contributed by atoms with Gasteiger partial charge in [-0.15, -0.1) is 5.10 Å². The zero-order chi connectivity index (χ0) is 16.6. The molecule has 3 rings (SSSR count). The molecule has 0 aliphatic rings. The summed E-state index contributed by atoms with van der Waals surface area (Å²) in [5, 5.41) is 8.20. The molecule has 1 amide bonds. The van der Waals surface area contributed by atoms with E-state index in [-0.39, 0.29) is 12.3 Å². The summed E-state index contributed by atoms with van der Waals surface area (Å²) in [7, 11) is 0. The molecular weight excluding hydrogens is 337 g/mol. The Balaban J connectivity index is 1.80. The molecule has 0 aliphatic heterocycles. The summed E-state index contributed by atoms with van der Waals surface area (Å²) in [6.45, 7) is 3.63. The number of carbonyl (C=O) groups is 1. The number of aryl methyl sites for hydroxylation is 2. The Morgan fingerprint density at radius 1 is 1.17 bits per heavy atom. The molecule has 118 valence electrons. The van der Waals surface area contributed by atoms with Gasteiger partial charge in [0.15, 0.2) is 5.82 Å². The fraction of sp³-hybridized carbons (Fsp3) is 0.200. The number of benzene rings is 1. The third-order valence-electron chi connectivity index (χ3n) is 3.30. The number of amides is 1. The molecule has 0 unspecified atom stereocenters. The fourth-order valence-electron chi connectivity index (χ4n) is 2.15. The molecule has 6 nitrogen and oxygen atoms in total. The van der Waals surface area contributed by atoms with Crippen LogP contribution in [0.2, 0.25) is 10.0 Å². The van der Waals surface area contributed by atoms with Crippen LogP contribution in [0.3, 0.4) is 0 Å². The molecule has 0 radical (unpaired) electrons. The van der Waals surface area contributed by atoms with Crippen LogP contribution in [0, 0.1) is 13.8 Å². The predicted octanol–water partition coefficient (Wildman–Crippen LogP) is 3.23. The number of hydrogen-bond donors (Lipinski definition) is 1. The average Bonchev–Trinajstić information content (AvgIpc) is 2.89. The second-order valence-corrected chi connectivity index (χ2v) is 5.88. The number of halogens is 2. The van der Waals surface area contributed by atoms with Crippen LogP contribution in [0.5, 0.6) is 0 Å². The minimum Gasteiger partial charge on any atom is -0.326 e. The summed E-state index contributed by atoms with van der Waals surface area (Å²) < 4.78 is 1.54. The van der Waals surface area contributed by atoms with Crippen molar-refractivity contribution in [2.24, 2.45) is 0 Å². The SMILES string of the molecule is Cc1nc2nc(CC(=O)Nc3ccc(Cl)cc3)nn2c(C)c1Cl. The predicted molar refractivity (Wildman–Crippen MR) is 89.1 cm³/mol. The molecule has 0 atom stereocenters. The second-order valence-electron chi connectivity index (χ2n) is 5.07. The lowest BCUT2D eigenvalue weighted by atomic mass is 10.3. The molecule has 0 saturated heterocycles. The molecule has 0 bridgehead atoms. The van der Waals surface area contributed by atoms with Crippen LogP contribution >= 0.6 is 23.2 Å². The third kappa shape index (κ3) is 3.28. The van der Waals surface area contributed by atoms with Gasteiger partial charge in [0, 0.05) is 10.7 Å². The summed E-state index contributed by atoms with van der Waals surface area (Å²) >= 11 is 12.0. The normalized spacial score (nSPS) is 11.0. The molecule has 0 fully saturated rings. The molecule has 23 heavy (non-hydrogen) atoms. The van der Waals surface area contributed by atoms with Crippen molar-refractivity contribution in [2.45, 2.75) is 20.3 Å². The van der Waals surface area contributed by atoms with Gasteiger partial charge in [0.25, 0.3) is 5.78 Å². The first-order valence-electron chi connectivity index (χ1n) is 6.88. The van der Waals surface area contributed by atoms with Crippen LogP contribution < -0.4 is 5.32 Å². The average molecular weight is 350 g/mol. The second kappa shape index (κ2) is 6.14. The van der Waals surface area contributed by atoms with Gasteiger partial charge >= 0.3 is 0 Å². The Bertz CT molecular complexity index is 889. The number of anilines is 1. The van der Waals surface area contributed by atoms with Crippen molar-refractivity contribution < 1.29 is 4.79 Å². The fourth-order valence-corrected chi connectivity index (χ4v) is 2.40. The van der Waals surface area contributed by atoms with Crippen LogP contribution in [-0.4, -0.2) is 25.5 Å². The Morgan fingerprint density at radius 3 is 2.57 bits per heavy atom. The third-order valence-corrected chi connectivity index (χ3v) is 4.10. The van der Waals surface area contributed by atoms with Crippen molar-refractivity contribution in [2.75, 3.05) is 5.32 Å². The van der Waals surface area contributed by atoms with Crippen molar-refractivity contribution in [3.05, 3.63) is 51.5 Å². The van der Waals surface area contributed by atoms with E-state index in [2.05, 4.69) is 20.4 Å². The maximum Gasteiger partial charge on any atom is 0.252 e. The Labute approximate surface area is 142 Å². The van der Waals surface area contributed by atoms with Gasteiger partial charge in [-0.3, -0.25) is 4.79 Å². The summed E-state index contributed by atoms with van der Waals surface area (Å²) in [5.74, 6) is 0.594. The minimum atomic E-state index is -0.219. The van der Waals surface area contributed by atoms with E-state index in [4.69, 9.17) is 23.2 Å². The number of fused-ring (bicyclic) bond motifs is 1. The van der Waals surface area contributed by atoms with E-state index in [0.29, 0.717) is 33.0 Å². The van der Waals surface area contributed by atoms with Crippen molar-refractivity contribution in [1.29, 1.82) is 0 Å². The van der Waals surface area contributed by atoms with Gasteiger partial charge in [0.05, 0.1) is 22.8 Å². The zero-order valence-electron chi connectivity index (χ0n) is 12.5. The van der Waals surface area contributed by atoms with E-state index in [1.165, 1.54) is 0 Å². The van der Waals surface area contributed by atoms with Gasteiger partial charge < -0.3 is 5.32 Å². The molecule has 1 aromatic carbocycles. The van der Waals surface area contributed by atoms with Gasteiger partial charge in [-0.1, -0.05) is 23.2 Å². The first-order chi connectivity index (χ1) is 10.9. The molecular formula is C15H13Cl2N5O. The van der Waals surface area contributed by atoms with Crippen LogP contribution in [0.15, 0.2) is 24.3 Å². The van der Waals surface area contributed by atoms with Crippen molar-refractivity contribution >= 4 is 40.6 Å². The van der Waals surface area contributed by atoms with Gasteiger partial charge in [-0.2, -0.15) is 9.50 Å². The van der Waals surface area contributed by atoms with E-state index in [1.807, 2.05) is 6.92 Å². The number of aromatic nitrogens is 4. The van der Waals surface area contributed by atoms with E-state index < -0.39 is 0 Å². The van der Waals surface area contributed by atoms with E-state index in [0.717, 1.165) is 5.69 Å². The standard InChI is InChI=1S/C15H13Cl2N5O/c1-8-14(17)9(2)22-15(18-8)20-12(21-22)7-13(23)19-11-5-3-10(16)4-6-11/h3-6H,7H2,1-2H3,(H,19,23). The summed E-state index contributed by atoms with van der Waals surface area (Å²) in [6, 6.07) is 6.87. The highest BCUT2D eigenvalue weighted by molar-refractivity contribution is 6.31. The number of nitrogens with one attached hydrogen (secondary N) is 1.